The van der Waals surface area contributed by atoms with Gasteiger partial charge in [-0.2, -0.15) is 0 Å². The number of benzene rings is 1. The summed E-state index contributed by atoms with van der Waals surface area (Å²) in [6.45, 7) is 12.1. The molecule has 2 atom stereocenters. The van der Waals surface area contributed by atoms with Gasteiger partial charge >= 0.3 is 6.09 Å². The SMILES string of the molecule is CC(C)(C)OC(=O)N1CCC(N2CC3COCCN3CC2Cc2ccc(Cl)cc2)CC1. The number of morpholine rings is 1. The average Bonchev–Trinajstić information content (AvgIpc) is 2.74. The van der Waals surface area contributed by atoms with E-state index in [1.54, 1.807) is 0 Å². The topological polar surface area (TPSA) is 45.3 Å². The van der Waals surface area contributed by atoms with Crippen molar-refractivity contribution in [1.29, 1.82) is 0 Å². The minimum atomic E-state index is -0.449. The summed E-state index contributed by atoms with van der Waals surface area (Å²) in [5, 5.41) is 0.784. The fourth-order valence-electron chi connectivity index (χ4n) is 5.09. The van der Waals surface area contributed by atoms with Gasteiger partial charge in [0.25, 0.3) is 0 Å². The number of carbonyl (C=O) groups excluding carboxylic acids is 1. The van der Waals surface area contributed by atoms with Gasteiger partial charge in [-0.15, -0.1) is 0 Å². The van der Waals surface area contributed by atoms with Crippen LogP contribution in [0.2, 0.25) is 5.02 Å². The zero-order valence-corrected chi connectivity index (χ0v) is 19.8. The van der Waals surface area contributed by atoms with Gasteiger partial charge in [0, 0.05) is 55.9 Å². The molecule has 3 heterocycles. The normalized spacial score (nSPS) is 26.5. The van der Waals surface area contributed by atoms with E-state index < -0.39 is 5.60 Å². The van der Waals surface area contributed by atoms with Crippen LogP contribution in [-0.2, 0) is 15.9 Å². The lowest BCUT2D eigenvalue weighted by atomic mass is 9.93. The van der Waals surface area contributed by atoms with Crippen molar-refractivity contribution < 1.29 is 14.3 Å². The zero-order chi connectivity index (χ0) is 22.0. The molecule has 6 nitrogen and oxygen atoms in total. The van der Waals surface area contributed by atoms with Crippen LogP contribution < -0.4 is 0 Å². The summed E-state index contributed by atoms with van der Waals surface area (Å²) in [5.41, 5.74) is 0.881. The first-order chi connectivity index (χ1) is 14.8. The molecule has 0 bridgehead atoms. The van der Waals surface area contributed by atoms with Crippen LogP contribution in [0, 0.1) is 0 Å². The molecule has 172 valence electrons. The van der Waals surface area contributed by atoms with Crippen LogP contribution in [0.1, 0.15) is 39.2 Å². The standard InChI is InChI=1S/C24H36ClN3O3/c1-24(2,3)31-23(29)26-10-8-20(9-11-26)28-16-22-17-30-13-12-27(22)15-21(28)14-18-4-6-19(25)7-5-18/h4-7,20-22H,8-17H2,1-3H3. The number of halogens is 1. The molecule has 0 spiro atoms. The number of ether oxygens (including phenoxy) is 2. The molecule has 1 amide bonds. The fourth-order valence-corrected chi connectivity index (χ4v) is 5.22. The van der Waals surface area contributed by atoms with Crippen LogP contribution in [0.25, 0.3) is 0 Å². The first-order valence-corrected chi connectivity index (χ1v) is 12.0. The molecule has 1 aromatic rings. The summed E-state index contributed by atoms with van der Waals surface area (Å²) in [7, 11) is 0. The Labute approximate surface area is 191 Å². The van der Waals surface area contributed by atoms with E-state index in [4.69, 9.17) is 21.1 Å². The summed E-state index contributed by atoms with van der Waals surface area (Å²) in [5.74, 6) is 0. The maximum absolute atomic E-state index is 12.5. The predicted octanol–water partition coefficient (Wildman–Crippen LogP) is 3.67. The summed E-state index contributed by atoms with van der Waals surface area (Å²) < 4.78 is 11.4. The van der Waals surface area contributed by atoms with Crippen LogP contribution in [0.3, 0.4) is 0 Å². The minimum absolute atomic E-state index is 0.186. The summed E-state index contributed by atoms with van der Waals surface area (Å²) >= 11 is 6.10. The lowest BCUT2D eigenvalue weighted by Crippen LogP contribution is -2.65. The van der Waals surface area contributed by atoms with E-state index in [2.05, 4.69) is 21.9 Å². The van der Waals surface area contributed by atoms with E-state index in [1.165, 1.54) is 5.56 Å². The molecule has 0 saturated carbocycles. The van der Waals surface area contributed by atoms with Crippen molar-refractivity contribution in [1.82, 2.24) is 14.7 Å². The highest BCUT2D eigenvalue weighted by Crippen LogP contribution is 2.28. The van der Waals surface area contributed by atoms with Crippen LogP contribution in [-0.4, -0.2) is 90.5 Å². The molecule has 2 unspecified atom stereocenters. The molecular weight excluding hydrogens is 414 g/mol. The predicted molar refractivity (Wildman–Crippen MR) is 123 cm³/mol. The van der Waals surface area contributed by atoms with Crippen molar-refractivity contribution in [3.8, 4) is 0 Å². The first-order valence-electron chi connectivity index (χ1n) is 11.6. The Balaban J connectivity index is 1.42. The van der Waals surface area contributed by atoms with Gasteiger partial charge in [-0.1, -0.05) is 23.7 Å². The molecule has 3 fully saturated rings. The fraction of sp³-hybridized carbons (Fsp3) is 0.708. The Morgan fingerprint density at radius 2 is 1.81 bits per heavy atom. The van der Waals surface area contributed by atoms with Gasteiger partial charge in [-0.3, -0.25) is 9.80 Å². The highest BCUT2D eigenvalue weighted by molar-refractivity contribution is 6.30. The summed E-state index contributed by atoms with van der Waals surface area (Å²) in [6.07, 6.45) is 2.82. The van der Waals surface area contributed by atoms with Crippen LogP contribution in [0.15, 0.2) is 24.3 Å². The van der Waals surface area contributed by atoms with Crippen molar-refractivity contribution in [2.24, 2.45) is 0 Å². The third kappa shape index (κ3) is 5.92. The number of rotatable bonds is 3. The maximum atomic E-state index is 12.5. The lowest BCUT2D eigenvalue weighted by molar-refractivity contribution is -0.0803. The number of fused-ring (bicyclic) bond motifs is 1. The molecular formula is C24H36ClN3O3. The van der Waals surface area contributed by atoms with Crippen molar-refractivity contribution in [3.05, 3.63) is 34.9 Å². The second-order valence-electron chi connectivity index (χ2n) is 10.1. The van der Waals surface area contributed by atoms with Gasteiger partial charge in [0.1, 0.15) is 5.60 Å². The average molecular weight is 450 g/mol. The Morgan fingerprint density at radius 1 is 1.10 bits per heavy atom. The van der Waals surface area contributed by atoms with Gasteiger partial charge in [0.2, 0.25) is 0 Å². The summed E-state index contributed by atoms with van der Waals surface area (Å²) in [6, 6.07) is 9.70. The third-order valence-corrected chi connectivity index (χ3v) is 6.91. The Morgan fingerprint density at radius 3 is 2.48 bits per heavy atom. The third-order valence-electron chi connectivity index (χ3n) is 6.66. The highest BCUT2D eigenvalue weighted by atomic mass is 35.5. The van der Waals surface area contributed by atoms with E-state index in [-0.39, 0.29) is 6.09 Å². The Hall–Kier alpha value is -1.34. The molecule has 1 aromatic carbocycles. The van der Waals surface area contributed by atoms with E-state index in [0.29, 0.717) is 18.1 Å². The monoisotopic (exact) mass is 449 g/mol. The highest BCUT2D eigenvalue weighted by Gasteiger charge is 2.40. The minimum Gasteiger partial charge on any atom is -0.444 e. The maximum Gasteiger partial charge on any atom is 0.410 e. The van der Waals surface area contributed by atoms with E-state index >= 15 is 0 Å². The summed E-state index contributed by atoms with van der Waals surface area (Å²) in [4.78, 5) is 19.7. The molecule has 3 aliphatic rings. The Kier molecular flexibility index (Phi) is 7.11. The second-order valence-corrected chi connectivity index (χ2v) is 10.5. The zero-order valence-electron chi connectivity index (χ0n) is 19.1. The first kappa shape index (κ1) is 22.8. The molecule has 31 heavy (non-hydrogen) atoms. The van der Waals surface area contributed by atoms with Gasteiger partial charge in [-0.05, 0) is 57.7 Å². The van der Waals surface area contributed by atoms with E-state index in [1.807, 2.05) is 37.8 Å². The van der Waals surface area contributed by atoms with Crippen molar-refractivity contribution in [2.45, 2.75) is 63.8 Å². The number of hydrogen-bond acceptors (Lipinski definition) is 5. The lowest BCUT2D eigenvalue weighted by Gasteiger charge is -2.52. The van der Waals surface area contributed by atoms with Crippen molar-refractivity contribution in [3.63, 3.8) is 0 Å². The van der Waals surface area contributed by atoms with Crippen molar-refractivity contribution in [2.75, 3.05) is 45.9 Å². The van der Waals surface area contributed by atoms with Gasteiger partial charge < -0.3 is 14.4 Å². The van der Waals surface area contributed by atoms with E-state index in [9.17, 15) is 4.79 Å². The van der Waals surface area contributed by atoms with Crippen molar-refractivity contribution >= 4 is 17.7 Å². The number of piperazine rings is 1. The van der Waals surface area contributed by atoms with Crippen LogP contribution in [0.4, 0.5) is 4.79 Å². The van der Waals surface area contributed by atoms with Crippen LogP contribution >= 0.6 is 11.6 Å². The quantitative estimate of drug-likeness (QED) is 0.704. The van der Waals surface area contributed by atoms with E-state index in [0.717, 1.165) is 70.2 Å². The smallest absolute Gasteiger partial charge is 0.410 e. The molecule has 0 aromatic heterocycles. The molecule has 0 radical (unpaired) electrons. The molecule has 3 aliphatic heterocycles. The number of piperidine rings is 1. The number of nitrogens with zero attached hydrogens (tertiary/aromatic N) is 3. The molecule has 4 rings (SSSR count). The number of likely N-dealkylation sites (tertiary alicyclic amines) is 1. The number of carbonyl (C=O) groups is 1. The van der Waals surface area contributed by atoms with Gasteiger partial charge in [0.05, 0.1) is 13.2 Å². The largest absolute Gasteiger partial charge is 0.444 e. The van der Waals surface area contributed by atoms with Gasteiger partial charge in [-0.25, -0.2) is 4.79 Å². The number of amides is 1. The Bertz CT molecular complexity index is 743. The second kappa shape index (κ2) is 9.65. The van der Waals surface area contributed by atoms with Crippen LogP contribution in [0.5, 0.6) is 0 Å². The van der Waals surface area contributed by atoms with Gasteiger partial charge in [0.15, 0.2) is 0 Å². The molecule has 7 heteroatoms. The molecule has 3 saturated heterocycles. The molecule has 0 aliphatic carbocycles. The molecule has 0 N–H and O–H groups in total. The number of hydrogen-bond donors (Lipinski definition) is 0.